The molecule has 2 amide bonds. The lowest BCUT2D eigenvalue weighted by Crippen LogP contribution is -2.44. The summed E-state index contributed by atoms with van der Waals surface area (Å²) in [6, 6.07) is 8.70. The Morgan fingerprint density at radius 1 is 1.28 bits per heavy atom. The summed E-state index contributed by atoms with van der Waals surface area (Å²) < 4.78 is 11.1. The molecule has 0 unspecified atom stereocenters. The van der Waals surface area contributed by atoms with Crippen molar-refractivity contribution in [2.45, 2.75) is 13.3 Å². The van der Waals surface area contributed by atoms with Crippen LogP contribution in [0.3, 0.4) is 0 Å². The number of ether oxygens (including phenoxy) is 2. The van der Waals surface area contributed by atoms with Crippen LogP contribution in [0, 0.1) is 6.92 Å². The Bertz CT molecular complexity index is 1150. The average Bonchev–Trinajstić information content (AvgIpc) is 3.00. The molecule has 1 N–H and O–H groups in total. The fourth-order valence-corrected chi connectivity index (χ4v) is 4.64. The van der Waals surface area contributed by atoms with Gasteiger partial charge in [0, 0.05) is 5.56 Å². The molecule has 0 aliphatic carbocycles. The number of hydrazine groups is 1. The van der Waals surface area contributed by atoms with Crippen molar-refractivity contribution >= 4 is 57.8 Å². The molecular weight excluding hydrogens is 468 g/mol. The quantitative estimate of drug-likeness (QED) is 0.338. The Kier molecular flexibility index (Phi) is 7.60. The number of thioether (sulfide) groups is 1. The molecule has 0 bridgehead atoms. The summed E-state index contributed by atoms with van der Waals surface area (Å²) in [6.07, 6.45) is 4.01. The predicted molar refractivity (Wildman–Crippen MR) is 132 cm³/mol. The van der Waals surface area contributed by atoms with Gasteiger partial charge in [0.05, 0.1) is 29.7 Å². The zero-order valence-electron chi connectivity index (χ0n) is 17.7. The summed E-state index contributed by atoms with van der Waals surface area (Å²) in [4.78, 5) is 25.9. The molecular formula is C23H21ClN2O4S2. The number of methoxy groups -OCH3 is 2. The fraction of sp³-hybridized carbons (Fsp3) is 0.174. The van der Waals surface area contributed by atoms with E-state index in [4.69, 9.17) is 33.3 Å². The van der Waals surface area contributed by atoms with Crippen molar-refractivity contribution in [2.75, 3.05) is 14.2 Å². The maximum absolute atomic E-state index is 12.9. The summed E-state index contributed by atoms with van der Waals surface area (Å²) in [6.45, 7) is 5.64. The second-order valence-electron chi connectivity index (χ2n) is 6.85. The van der Waals surface area contributed by atoms with E-state index in [9.17, 15) is 9.59 Å². The van der Waals surface area contributed by atoms with Crippen molar-refractivity contribution in [1.29, 1.82) is 0 Å². The van der Waals surface area contributed by atoms with Crippen molar-refractivity contribution < 1.29 is 19.1 Å². The number of amides is 2. The molecule has 0 radical (unpaired) electrons. The number of nitrogens with zero attached hydrogens (tertiary/aromatic N) is 1. The molecule has 0 atom stereocenters. The maximum atomic E-state index is 12.9. The lowest BCUT2D eigenvalue weighted by atomic mass is 10.0. The van der Waals surface area contributed by atoms with Crippen molar-refractivity contribution in [3.05, 3.63) is 75.2 Å². The minimum absolute atomic E-state index is 0.213. The summed E-state index contributed by atoms with van der Waals surface area (Å²) in [5.74, 6) is 0.193. The number of carbonyl (C=O) groups excluding carboxylic acids is 2. The molecule has 2 aromatic rings. The summed E-state index contributed by atoms with van der Waals surface area (Å²) in [5.41, 5.74) is 5.31. The zero-order chi connectivity index (χ0) is 23.4. The first-order valence-corrected chi connectivity index (χ1v) is 11.1. The van der Waals surface area contributed by atoms with Crippen LogP contribution in [-0.2, 0) is 11.2 Å². The van der Waals surface area contributed by atoms with E-state index in [1.165, 1.54) is 0 Å². The van der Waals surface area contributed by atoms with Crippen LogP contribution in [0.2, 0.25) is 5.02 Å². The highest BCUT2D eigenvalue weighted by Gasteiger charge is 2.34. The zero-order valence-corrected chi connectivity index (χ0v) is 20.1. The van der Waals surface area contributed by atoms with Gasteiger partial charge in [0.2, 0.25) is 0 Å². The number of benzene rings is 2. The topological polar surface area (TPSA) is 67.9 Å². The largest absolute Gasteiger partial charge is 0.493 e. The number of carbonyl (C=O) groups is 2. The number of thiocarbonyl (C=S) groups is 1. The molecule has 0 spiro atoms. The standard InChI is InChI=1S/C23H21ClN2O4S2/c1-5-6-15-10-14(11-18(29-3)20(15)30-4)12-19-22(28)26(23(31)32-19)25-21(27)16-8-7-13(2)9-17(16)24/h5,7-12H,1,6H2,2-4H3,(H,25,27)/b19-12-. The molecule has 9 heteroatoms. The number of hydrogen-bond acceptors (Lipinski definition) is 6. The van der Waals surface area contributed by atoms with E-state index in [0.29, 0.717) is 27.8 Å². The van der Waals surface area contributed by atoms with E-state index in [2.05, 4.69) is 12.0 Å². The minimum Gasteiger partial charge on any atom is -0.493 e. The van der Waals surface area contributed by atoms with Crippen molar-refractivity contribution in [2.24, 2.45) is 0 Å². The number of nitrogens with one attached hydrogen (secondary N) is 1. The van der Waals surface area contributed by atoms with Crippen LogP contribution in [0.1, 0.15) is 27.0 Å². The first-order chi connectivity index (χ1) is 15.3. The average molecular weight is 489 g/mol. The molecule has 2 aromatic carbocycles. The smallest absolute Gasteiger partial charge is 0.285 e. The monoisotopic (exact) mass is 488 g/mol. The van der Waals surface area contributed by atoms with E-state index in [0.717, 1.165) is 33.5 Å². The van der Waals surface area contributed by atoms with Gasteiger partial charge in [-0.1, -0.05) is 35.5 Å². The Morgan fingerprint density at radius 3 is 2.66 bits per heavy atom. The molecule has 0 aromatic heterocycles. The number of aryl methyl sites for hydroxylation is 1. The van der Waals surface area contributed by atoms with Gasteiger partial charge in [-0.2, -0.15) is 5.01 Å². The Morgan fingerprint density at radius 2 is 2.03 bits per heavy atom. The van der Waals surface area contributed by atoms with Crippen LogP contribution >= 0.6 is 35.6 Å². The SMILES string of the molecule is C=CCc1cc(/C=C2\SC(=S)N(NC(=O)c3ccc(C)cc3Cl)C2=O)cc(OC)c1OC. The van der Waals surface area contributed by atoms with Gasteiger partial charge in [-0.15, -0.1) is 6.58 Å². The Labute approximate surface area is 201 Å². The molecule has 1 fully saturated rings. The third-order valence-corrected chi connectivity index (χ3v) is 6.23. The minimum atomic E-state index is -0.521. The number of hydrogen-bond donors (Lipinski definition) is 1. The van der Waals surface area contributed by atoms with Gasteiger partial charge in [-0.25, -0.2) is 0 Å². The molecule has 1 aliphatic heterocycles. The van der Waals surface area contributed by atoms with Gasteiger partial charge in [0.1, 0.15) is 0 Å². The molecule has 166 valence electrons. The van der Waals surface area contributed by atoms with E-state index >= 15 is 0 Å². The predicted octanol–water partition coefficient (Wildman–Crippen LogP) is 4.94. The third kappa shape index (κ3) is 4.98. The maximum Gasteiger partial charge on any atom is 0.285 e. The first-order valence-electron chi connectivity index (χ1n) is 9.50. The van der Waals surface area contributed by atoms with Crippen LogP contribution in [0.5, 0.6) is 11.5 Å². The van der Waals surface area contributed by atoms with Gasteiger partial charge in [0.25, 0.3) is 11.8 Å². The van der Waals surface area contributed by atoms with Crippen LogP contribution in [0.4, 0.5) is 0 Å². The molecule has 1 aliphatic rings. The van der Waals surface area contributed by atoms with Crippen LogP contribution in [0.15, 0.2) is 47.9 Å². The lowest BCUT2D eigenvalue weighted by molar-refractivity contribution is -0.123. The van der Waals surface area contributed by atoms with Crippen LogP contribution in [-0.4, -0.2) is 35.4 Å². The van der Waals surface area contributed by atoms with Crippen molar-refractivity contribution in [3.8, 4) is 11.5 Å². The highest BCUT2D eigenvalue weighted by molar-refractivity contribution is 8.26. The second-order valence-corrected chi connectivity index (χ2v) is 8.93. The number of halogens is 1. The lowest BCUT2D eigenvalue weighted by Gasteiger charge is -2.16. The molecule has 0 saturated carbocycles. The van der Waals surface area contributed by atoms with Crippen molar-refractivity contribution in [1.82, 2.24) is 10.4 Å². The highest BCUT2D eigenvalue weighted by Crippen LogP contribution is 2.36. The molecule has 3 rings (SSSR count). The Balaban J connectivity index is 1.87. The fourth-order valence-electron chi connectivity index (χ4n) is 3.14. The van der Waals surface area contributed by atoms with E-state index in [1.54, 1.807) is 50.6 Å². The van der Waals surface area contributed by atoms with Gasteiger partial charge in [-0.05, 0) is 67.0 Å². The summed E-state index contributed by atoms with van der Waals surface area (Å²) in [7, 11) is 3.11. The molecule has 1 saturated heterocycles. The summed E-state index contributed by atoms with van der Waals surface area (Å²) >= 11 is 12.6. The second kappa shape index (κ2) is 10.2. The van der Waals surface area contributed by atoms with E-state index < -0.39 is 11.8 Å². The van der Waals surface area contributed by atoms with Crippen LogP contribution in [0.25, 0.3) is 6.08 Å². The van der Waals surface area contributed by atoms with Crippen molar-refractivity contribution in [3.63, 3.8) is 0 Å². The molecule has 1 heterocycles. The number of allylic oxidation sites excluding steroid dienone is 1. The normalized spacial score (nSPS) is 14.6. The van der Waals surface area contributed by atoms with Gasteiger partial charge < -0.3 is 9.47 Å². The van der Waals surface area contributed by atoms with Gasteiger partial charge in [-0.3, -0.25) is 15.0 Å². The van der Waals surface area contributed by atoms with E-state index in [1.807, 2.05) is 13.0 Å². The first kappa shape index (κ1) is 23.8. The van der Waals surface area contributed by atoms with Gasteiger partial charge in [0.15, 0.2) is 15.8 Å². The van der Waals surface area contributed by atoms with Gasteiger partial charge >= 0.3 is 0 Å². The van der Waals surface area contributed by atoms with Crippen LogP contribution < -0.4 is 14.9 Å². The van der Waals surface area contributed by atoms with E-state index in [-0.39, 0.29) is 9.88 Å². The Hall–Kier alpha value is -2.81. The number of rotatable bonds is 7. The molecule has 32 heavy (non-hydrogen) atoms. The third-order valence-electron chi connectivity index (χ3n) is 4.62. The summed E-state index contributed by atoms with van der Waals surface area (Å²) in [5, 5.41) is 1.35. The molecule has 6 nitrogen and oxygen atoms in total. The highest BCUT2D eigenvalue weighted by atomic mass is 35.5.